The van der Waals surface area contributed by atoms with E-state index in [1.165, 1.54) is 20.4 Å². The van der Waals surface area contributed by atoms with Crippen molar-refractivity contribution in [1.82, 2.24) is 5.16 Å². The van der Waals surface area contributed by atoms with Crippen LogP contribution in [0.5, 0.6) is 17.2 Å². The predicted octanol–water partition coefficient (Wildman–Crippen LogP) is 2.71. The van der Waals surface area contributed by atoms with E-state index in [-0.39, 0.29) is 5.88 Å². The van der Waals surface area contributed by atoms with E-state index in [4.69, 9.17) is 24.5 Å². The van der Waals surface area contributed by atoms with Gasteiger partial charge in [-0.05, 0) is 22.0 Å². The number of aromatic nitrogens is 1. The second-order valence-corrected chi connectivity index (χ2v) is 4.46. The summed E-state index contributed by atoms with van der Waals surface area (Å²) in [5.41, 5.74) is 7.06. The molecule has 0 unspecified atom stereocenters. The molecule has 2 rings (SSSR count). The number of ether oxygens (including phenoxy) is 3. The standard InChI is InChI=1S/C12H13BrN2O4/c1-16-8-4-7(13)9(6-5-15-19-12(6)14)11(18-3)10(8)17-2/h4-5H,14H2,1-3H3. The molecular weight excluding hydrogens is 316 g/mol. The molecule has 0 amide bonds. The first-order valence-electron chi connectivity index (χ1n) is 5.33. The van der Waals surface area contributed by atoms with Gasteiger partial charge in [0.1, 0.15) is 0 Å². The van der Waals surface area contributed by atoms with Crippen LogP contribution in [0.2, 0.25) is 0 Å². The van der Waals surface area contributed by atoms with Crippen LogP contribution in [0.1, 0.15) is 0 Å². The molecule has 0 bridgehead atoms. The third kappa shape index (κ3) is 2.21. The molecule has 0 aliphatic heterocycles. The van der Waals surface area contributed by atoms with Gasteiger partial charge in [0.15, 0.2) is 11.5 Å². The summed E-state index contributed by atoms with van der Waals surface area (Å²) in [6.45, 7) is 0. The van der Waals surface area contributed by atoms with Gasteiger partial charge in [-0.2, -0.15) is 0 Å². The Morgan fingerprint density at radius 1 is 1.16 bits per heavy atom. The molecule has 0 spiro atoms. The van der Waals surface area contributed by atoms with Crippen LogP contribution in [-0.2, 0) is 0 Å². The van der Waals surface area contributed by atoms with Gasteiger partial charge in [-0.15, -0.1) is 0 Å². The van der Waals surface area contributed by atoms with Crippen molar-refractivity contribution in [2.24, 2.45) is 0 Å². The third-order valence-corrected chi connectivity index (χ3v) is 3.27. The first kappa shape index (κ1) is 13.5. The van der Waals surface area contributed by atoms with E-state index in [2.05, 4.69) is 21.1 Å². The molecule has 7 heteroatoms. The van der Waals surface area contributed by atoms with Crippen LogP contribution in [0, 0.1) is 0 Å². The minimum absolute atomic E-state index is 0.200. The summed E-state index contributed by atoms with van der Waals surface area (Å²) in [6.07, 6.45) is 1.52. The van der Waals surface area contributed by atoms with Crippen molar-refractivity contribution < 1.29 is 18.7 Å². The molecule has 1 aromatic heterocycles. The monoisotopic (exact) mass is 328 g/mol. The molecule has 19 heavy (non-hydrogen) atoms. The van der Waals surface area contributed by atoms with E-state index in [1.807, 2.05) is 0 Å². The van der Waals surface area contributed by atoms with E-state index >= 15 is 0 Å². The molecular formula is C12H13BrN2O4. The number of nitrogen functional groups attached to an aromatic ring is 1. The Kier molecular flexibility index (Phi) is 3.84. The molecule has 2 aromatic rings. The molecule has 0 aliphatic rings. The summed E-state index contributed by atoms with van der Waals surface area (Å²) >= 11 is 3.46. The summed E-state index contributed by atoms with van der Waals surface area (Å²) in [6, 6.07) is 1.77. The van der Waals surface area contributed by atoms with E-state index in [9.17, 15) is 0 Å². The lowest BCUT2D eigenvalue weighted by atomic mass is 10.1. The minimum Gasteiger partial charge on any atom is -0.493 e. The van der Waals surface area contributed by atoms with Crippen LogP contribution in [0.15, 0.2) is 21.3 Å². The number of hydrogen-bond donors (Lipinski definition) is 1. The molecule has 0 saturated carbocycles. The highest BCUT2D eigenvalue weighted by Crippen LogP contribution is 2.49. The Morgan fingerprint density at radius 2 is 1.84 bits per heavy atom. The van der Waals surface area contributed by atoms with Crippen molar-refractivity contribution in [3.8, 4) is 28.4 Å². The second kappa shape index (κ2) is 5.40. The Labute approximate surface area is 118 Å². The van der Waals surface area contributed by atoms with E-state index < -0.39 is 0 Å². The van der Waals surface area contributed by atoms with Crippen molar-refractivity contribution in [2.45, 2.75) is 0 Å². The Hall–Kier alpha value is -1.89. The van der Waals surface area contributed by atoms with Gasteiger partial charge in [0.2, 0.25) is 11.6 Å². The Balaban J connectivity index is 2.77. The molecule has 0 radical (unpaired) electrons. The fourth-order valence-electron chi connectivity index (χ4n) is 1.81. The number of benzene rings is 1. The lowest BCUT2D eigenvalue weighted by Crippen LogP contribution is -1.98. The summed E-state index contributed by atoms with van der Waals surface area (Å²) < 4.78 is 21.6. The van der Waals surface area contributed by atoms with Crippen LogP contribution in [0.25, 0.3) is 11.1 Å². The number of hydrogen-bond acceptors (Lipinski definition) is 6. The van der Waals surface area contributed by atoms with E-state index in [0.29, 0.717) is 28.4 Å². The lowest BCUT2D eigenvalue weighted by Gasteiger charge is -2.16. The number of halogens is 1. The molecule has 102 valence electrons. The fraction of sp³-hybridized carbons (Fsp3) is 0.250. The topological polar surface area (TPSA) is 79.7 Å². The molecule has 1 aromatic carbocycles. The molecule has 2 N–H and O–H groups in total. The number of nitrogens with two attached hydrogens (primary N) is 1. The van der Waals surface area contributed by atoms with Crippen LogP contribution in [-0.4, -0.2) is 26.5 Å². The SMILES string of the molecule is COc1cc(Br)c(-c2cnoc2N)c(OC)c1OC. The number of nitrogens with zero attached hydrogens (tertiary/aromatic N) is 1. The van der Waals surface area contributed by atoms with Gasteiger partial charge in [0.25, 0.3) is 0 Å². The third-order valence-electron chi connectivity index (χ3n) is 2.65. The normalized spacial score (nSPS) is 10.3. The lowest BCUT2D eigenvalue weighted by molar-refractivity contribution is 0.325. The van der Waals surface area contributed by atoms with Crippen molar-refractivity contribution in [1.29, 1.82) is 0 Å². The first-order chi connectivity index (χ1) is 9.13. The summed E-state index contributed by atoms with van der Waals surface area (Å²) in [5, 5.41) is 3.66. The first-order valence-corrected chi connectivity index (χ1v) is 6.12. The molecule has 1 heterocycles. The van der Waals surface area contributed by atoms with Crippen molar-refractivity contribution >= 4 is 21.8 Å². The van der Waals surface area contributed by atoms with Crippen LogP contribution >= 0.6 is 15.9 Å². The fourth-order valence-corrected chi connectivity index (χ4v) is 2.42. The second-order valence-electron chi connectivity index (χ2n) is 3.61. The van der Waals surface area contributed by atoms with Gasteiger partial charge < -0.3 is 24.5 Å². The van der Waals surface area contributed by atoms with Crippen molar-refractivity contribution in [3.05, 3.63) is 16.7 Å². The summed E-state index contributed by atoms with van der Waals surface area (Å²) in [4.78, 5) is 0. The predicted molar refractivity (Wildman–Crippen MR) is 73.7 cm³/mol. The van der Waals surface area contributed by atoms with Gasteiger partial charge >= 0.3 is 0 Å². The van der Waals surface area contributed by atoms with Crippen molar-refractivity contribution in [3.63, 3.8) is 0 Å². The maximum absolute atomic E-state index is 5.75. The molecule has 0 atom stereocenters. The van der Waals surface area contributed by atoms with E-state index in [0.717, 1.165) is 4.47 Å². The highest BCUT2D eigenvalue weighted by molar-refractivity contribution is 9.10. The van der Waals surface area contributed by atoms with Crippen LogP contribution < -0.4 is 19.9 Å². The maximum atomic E-state index is 5.75. The number of rotatable bonds is 4. The average Bonchev–Trinajstić information content (AvgIpc) is 2.83. The zero-order valence-corrected chi connectivity index (χ0v) is 12.3. The van der Waals surface area contributed by atoms with Crippen LogP contribution in [0.3, 0.4) is 0 Å². The van der Waals surface area contributed by atoms with Gasteiger partial charge in [-0.3, -0.25) is 0 Å². The Morgan fingerprint density at radius 3 is 2.32 bits per heavy atom. The highest BCUT2D eigenvalue weighted by Gasteiger charge is 2.23. The molecule has 6 nitrogen and oxygen atoms in total. The van der Waals surface area contributed by atoms with Gasteiger partial charge in [0.05, 0.1) is 33.1 Å². The number of anilines is 1. The van der Waals surface area contributed by atoms with Crippen LogP contribution in [0.4, 0.5) is 5.88 Å². The Bertz CT molecular complexity index is 598. The molecule has 0 fully saturated rings. The minimum atomic E-state index is 0.200. The van der Waals surface area contributed by atoms with Gasteiger partial charge in [-0.1, -0.05) is 5.16 Å². The van der Waals surface area contributed by atoms with Crippen molar-refractivity contribution in [2.75, 3.05) is 27.1 Å². The summed E-state index contributed by atoms with van der Waals surface area (Å²) in [7, 11) is 4.63. The average molecular weight is 329 g/mol. The maximum Gasteiger partial charge on any atom is 0.230 e. The molecule has 0 saturated heterocycles. The molecule has 0 aliphatic carbocycles. The largest absolute Gasteiger partial charge is 0.493 e. The quantitative estimate of drug-likeness (QED) is 0.929. The number of methoxy groups -OCH3 is 3. The highest BCUT2D eigenvalue weighted by atomic mass is 79.9. The van der Waals surface area contributed by atoms with E-state index in [1.54, 1.807) is 13.2 Å². The smallest absolute Gasteiger partial charge is 0.230 e. The van der Waals surface area contributed by atoms with Gasteiger partial charge in [0, 0.05) is 10.0 Å². The van der Waals surface area contributed by atoms with Gasteiger partial charge in [-0.25, -0.2) is 0 Å². The zero-order chi connectivity index (χ0) is 14.0. The zero-order valence-electron chi connectivity index (χ0n) is 10.7. The summed E-state index contributed by atoms with van der Waals surface area (Å²) in [5.74, 6) is 1.71.